The Bertz CT molecular complexity index is 1140. The fraction of sp³-hybridized carbons (Fsp3) is 0. The van der Waals surface area contributed by atoms with E-state index in [1.807, 2.05) is 48.5 Å². The van der Waals surface area contributed by atoms with E-state index >= 15 is 0 Å². The highest BCUT2D eigenvalue weighted by Gasteiger charge is 2.03. The summed E-state index contributed by atoms with van der Waals surface area (Å²) in [7, 11) is 0. The SMILES string of the molecule is O=[N+]([O-])c1ccc(C=Nc2ccc(-c3ccc4cccnc4n3)cc2)cc1. The highest BCUT2D eigenvalue weighted by molar-refractivity contribution is 5.82. The van der Waals surface area contributed by atoms with Gasteiger partial charge in [0.1, 0.15) is 0 Å². The summed E-state index contributed by atoms with van der Waals surface area (Å²) >= 11 is 0. The van der Waals surface area contributed by atoms with Crippen LogP contribution in [-0.2, 0) is 0 Å². The van der Waals surface area contributed by atoms with E-state index in [9.17, 15) is 10.1 Å². The molecule has 0 saturated heterocycles. The van der Waals surface area contributed by atoms with Crippen LogP contribution in [0, 0.1) is 10.1 Å². The van der Waals surface area contributed by atoms with Crippen LogP contribution in [0.25, 0.3) is 22.3 Å². The molecule has 0 saturated carbocycles. The Morgan fingerprint density at radius 1 is 0.926 bits per heavy atom. The Labute approximate surface area is 155 Å². The van der Waals surface area contributed by atoms with Crippen molar-refractivity contribution >= 4 is 28.6 Å². The van der Waals surface area contributed by atoms with Gasteiger partial charge in [-0.25, -0.2) is 9.97 Å². The van der Waals surface area contributed by atoms with Crippen LogP contribution >= 0.6 is 0 Å². The van der Waals surface area contributed by atoms with Crippen molar-refractivity contribution in [2.24, 2.45) is 4.99 Å². The molecule has 27 heavy (non-hydrogen) atoms. The van der Waals surface area contributed by atoms with Crippen LogP contribution in [0.3, 0.4) is 0 Å². The predicted octanol–water partition coefficient (Wildman–Crippen LogP) is 4.96. The number of fused-ring (bicyclic) bond motifs is 1. The summed E-state index contributed by atoms with van der Waals surface area (Å²) in [5.74, 6) is 0. The van der Waals surface area contributed by atoms with Gasteiger partial charge in [-0.05, 0) is 54.1 Å². The van der Waals surface area contributed by atoms with Crippen molar-refractivity contribution in [2.75, 3.05) is 0 Å². The van der Waals surface area contributed by atoms with E-state index in [4.69, 9.17) is 0 Å². The lowest BCUT2D eigenvalue weighted by molar-refractivity contribution is -0.384. The number of hydrogen-bond acceptors (Lipinski definition) is 5. The van der Waals surface area contributed by atoms with Crippen LogP contribution in [0.5, 0.6) is 0 Å². The van der Waals surface area contributed by atoms with E-state index in [-0.39, 0.29) is 5.69 Å². The van der Waals surface area contributed by atoms with Crippen molar-refractivity contribution in [1.82, 2.24) is 9.97 Å². The molecule has 2 aromatic heterocycles. The van der Waals surface area contributed by atoms with Gasteiger partial charge < -0.3 is 0 Å². The van der Waals surface area contributed by atoms with Crippen LogP contribution in [0.15, 0.2) is 84.0 Å². The Balaban J connectivity index is 1.53. The zero-order valence-electron chi connectivity index (χ0n) is 14.2. The summed E-state index contributed by atoms with van der Waals surface area (Å²) in [5.41, 5.74) is 4.20. The minimum Gasteiger partial charge on any atom is -0.258 e. The maximum atomic E-state index is 10.7. The van der Waals surface area contributed by atoms with E-state index in [0.717, 1.165) is 33.5 Å². The summed E-state index contributed by atoms with van der Waals surface area (Å²) in [4.78, 5) is 23.5. The van der Waals surface area contributed by atoms with E-state index in [2.05, 4.69) is 15.0 Å². The van der Waals surface area contributed by atoms with Gasteiger partial charge in [-0.15, -0.1) is 0 Å². The lowest BCUT2D eigenvalue weighted by atomic mass is 10.1. The van der Waals surface area contributed by atoms with Gasteiger partial charge in [0.25, 0.3) is 5.69 Å². The molecule has 0 aliphatic carbocycles. The van der Waals surface area contributed by atoms with Crippen molar-refractivity contribution in [3.63, 3.8) is 0 Å². The fourth-order valence-corrected chi connectivity index (χ4v) is 2.66. The number of rotatable bonds is 4. The molecule has 6 heteroatoms. The molecule has 0 bridgehead atoms. The number of aromatic nitrogens is 2. The zero-order valence-corrected chi connectivity index (χ0v) is 14.2. The molecule has 0 aliphatic heterocycles. The predicted molar refractivity (Wildman–Crippen MR) is 105 cm³/mol. The zero-order chi connectivity index (χ0) is 18.6. The lowest BCUT2D eigenvalue weighted by Gasteiger charge is -2.03. The number of non-ortho nitro benzene ring substituents is 1. The maximum Gasteiger partial charge on any atom is 0.269 e. The highest BCUT2D eigenvalue weighted by Crippen LogP contribution is 2.23. The molecule has 4 rings (SSSR count). The van der Waals surface area contributed by atoms with Crippen LogP contribution in [0.4, 0.5) is 11.4 Å². The first-order chi connectivity index (χ1) is 13.2. The fourth-order valence-electron chi connectivity index (χ4n) is 2.66. The second-order valence-electron chi connectivity index (χ2n) is 5.90. The van der Waals surface area contributed by atoms with Gasteiger partial charge in [0.2, 0.25) is 0 Å². The molecular weight excluding hydrogens is 340 g/mol. The number of pyridine rings is 2. The standard InChI is InChI=1S/C21H14N4O2/c26-25(27)19-10-3-15(4-11-19)14-23-18-8-5-16(6-9-18)20-12-7-17-2-1-13-22-21(17)24-20/h1-14H. The second kappa shape index (κ2) is 7.13. The van der Waals surface area contributed by atoms with Crippen molar-refractivity contribution in [2.45, 2.75) is 0 Å². The monoisotopic (exact) mass is 354 g/mol. The quantitative estimate of drug-likeness (QED) is 0.295. The van der Waals surface area contributed by atoms with Gasteiger partial charge in [-0.3, -0.25) is 15.1 Å². The molecule has 130 valence electrons. The van der Waals surface area contributed by atoms with Crippen molar-refractivity contribution < 1.29 is 4.92 Å². The minimum absolute atomic E-state index is 0.0638. The Hall–Kier alpha value is -3.93. The molecule has 6 nitrogen and oxygen atoms in total. The Kier molecular flexibility index (Phi) is 4.37. The van der Waals surface area contributed by atoms with Crippen LogP contribution in [0.1, 0.15) is 5.56 Å². The van der Waals surface area contributed by atoms with Gasteiger partial charge in [-0.1, -0.05) is 12.1 Å². The lowest BCUT2D eigenvalue weighted by Crippen LogP contribution is -1.88. The summed E-state index contributed by atoms with van der Waals surface area (Å²) in [6.07, 6.45) is 3.41. The molecule has 2 heterocycles. The summed E-state index contributed by atoms with van der Waals surface area (Å²) in [6, 6.07) is 21.8. The smallest absolute Gasteiger partial charge is 0.258 e. The summed E-state index contributed by atoms with van der Waals surface area (Å²) in [6.45, 7) is 0. The first kappa shape index (κ1) is 16.5. The van der Waals surface area contributed by atoms with Crippen LogP contribution < -0.4 is 0 Å². The number of aliphatic imine (C=N–C) groups is 1. The van der Waals surface area contributed by atoms with Crippen LogP contribution in [-0.4, -0.2) is 21.1 Å². The van der Waals surface area contributed by atoms with Crippen molar-refractivity contribution in [1.29, 1.82) is 0 Å². The van der Waals surface area contributed by atoms with Gasteiger partial charge in [0, 0.05) is 35.5 Å². The first-order valence-corrected chi connectivity index (χ1v) is 8.30. The van der Waals surface area contributed by atoms with E-state index in [1.54, 1.807) is 24.5 Å². The number of nitro benzene ring substituents is 1. The van der Waals surface area contributed by atoms with Gasteiger partial charge >= 0.3 is 0 Å². The number of nitrogens with zero attached hydrogens (tertiary/aromatic N) is 4. The average Bonchev–Trinajstić information content (AvgIpc) is 2.72. The second-order valence-corrected chi connectivity index (χ2v) is 5.90. The number of nitro groups is 1. The normalized spacial score (nSPS) is 11.1. The Morgan fingerprint density at radius 2 is 1.70 bits per heavy atom. The molecule has 2 aromatic carbocycles. The average molecular weight is 354 g/mol. The molecule has 4 aromatic rings. The first-order valence-electron chi connectivity index (χ1n) is 8.30. The highest BCUT2D eigenvalue weighted by atomic mass is 16.6. The molecule has 0 spiro atoms. The molecule has 0 amide bonds. The summed E-state index contributed by atoms with van der Waals surface area (Å²) < 4.78 is 0. The third kappa shape index (κ3) is 3.69. The minimum atomic E-state index is -0.421. The van der Waals surface area contributed by atoms with Crippen molar-refractivity contribution in [3.8, 4) is 11.3 Å². The van der Waals surface area contributed by atoms with E-state index in [1.165, 1.54) is 12.1 Å². The van der Waals surface area contributed by atoms with Gasteiger partial charge in [0.05, 0.1) is 16.3 Å². The maximum absolute atomic E-state index is 10.7. The Morgan fingerprint density at radius 3 is 2.44 bits per heavy atom. The van der Waals surface area contributed by atoms with Crippen molar-refractivity contribution in [3.05, 3.63) is 94.7 Å². The van der Waals surface area contributed by atoms with Gasteiger partial charge in [0.15, 0.2) is 5.65 Å². The largest absolute Gasteiger partial charge is 0.269 e. The molecule has 0 aliphatic rings. The molecule has 0 radical (unpaired) electrons. The van der Waals surface area contributed by atoms with Gasteiger partial charge in [-0.2, -0.15) is 0 Å². The molecular formula is C21H14N4O2. The third-order valence-electron chi connectivity index (χ3n) is 4.09. The molecule has 0 atom stereocenters. The van der Waals surface area contributed by atoms with Crippen LogP contribution in [0.2, 0.25) is 0 Å². The molecule has 0 unspecified atom stereocenters. The topological polar surface area (TPSA) is 81.3 Å². The number of benzene rings is 2. The van der Waals surface area contributed by atoms with E-state index in [0.29, 0.717) is 0 Å². The third-order valence-corrected chi connectivity index (χ3v) is 4.09. The van der Waals surface area contributed by atoms with E-state index < -0.39 is 4.92 Å². The number of hydrogen-bond donors (Lipinski definition) is 0. The molecule has 0 fully saturated rings. The summed E-state index contributed by atoms with van der Waals surface area (Å²) in [5, 5.41) is 11.7. The molecule has 0 N–H and O–H groups in total.